The number of benzene rings is 2. The van der Waals surface area contributed by atoms with Crippen molar-refractivity contribution in [3.8, 4) is 11.5 Å². The first-order valence-corrected chi connectivity index (χ1v) is 13.0. The summed E-state index contributed by atoms with van der Waals surface area (Å²) in [5.74, 6) is 0.192. The van der Waals surface area contributed by atoms with Crippen molar-refractivity contribution in [1.82, 2.24) is 0 Å². The van der Waals surface area contributed by atoms with Crippen molar-refractivity contribution in [2.24, 2.45) is 0 Å². The molecule has 1 N–H and O–H groups in total. The van der Waals surface area contributed by atoms with Crippen LogP contribution >= 0.6 is 0 Å². The number of carboxylic acids is 1. The molecular formula is C31H40O8. The summed E-state index contributed by atoms with van der Waals surface area (Å²) >= 11 is 0. The normalized spacial score (nSPS) is 11.6. The Hall–Kier alpha value is -3.62. The van der Waals surface area contributed by atoms with Gasteiger partial charge >= 0.3 is 11.9 Å². The molecule has 0 heterocycles. The third-order valence-corrected chi connectivity index (χ3v) is 6.00. The highest BCUT2D eigenvalue weighted by Crippen LogP contribution is 2.33. The smallest absolute Gasteiger partial charge is 0.333 e. The van der Waals surface area contributed by atoms with Gasteiger partial charge in [0.2, 0.25) is 0 Å². The summed E-state index contributed by atoms with van der Waals surface area (Å²) in [5, 5.41) is 8.82. The molecule has 0 unspecified atom stereocenters. The van der Waals surface area contributed by atoms with Crippen LogP contribution in [0.25, 0.3) is 0 Å². The van der Waals surface area contributed by atoms with Crippen LogP contribution in [-0.2, 0) is 29.2 Å². The molecule has 2 rings (SSSR count). The Kier molecular flexibility index (Phi) is 13.3. The van der Waals surface area contributed by atoms with Crippen LogP contribution in [0.3, 0.4) is 0 Å². The van der Waals surface area contributed by atoms with E-state index in [0.29, 0.717) is 57.2 Å². The van der Waals surface area contributed by atoms with E-state index >= 15 is 0 Å². The van der Waals surface area contributed by atoms with Crippen LogP contribution in [0.15, 0.2) is 72.3 Å². The molecule has 0 saturated heterocycles. The van der Waals surface area contributed by atoms with Crippen molar-refractivity contribution in [3.05, 3.63) is 83.5 Å². The van der Waals surface area contributed by atoms with Gasteiger partial charge in [0.25, 0.3) is 0 Å². The van der Waals surface area contributed by atoms with Gasteiger partial charge in [-0.05, 0) is 55.7 Å². The van der Waals surface area contributed by atoms with Gasteiger partial charge in [0, 0.05) is 16.6 Å². The minimum Gasteiger partial charge on any atom is -0.491 e. The number of rotatable bonds is 18. The molecule has 0 amide bonds. The Morgan fingerprint density at radius 2 is 1.23 bits per heavy atom. The van der Waals surface area contributed by atoms with Crippen LogP contribution in [0.2, 0.25) is 0 Å². The van der Waals surface area contributed by atoms with Crippen molar-refractivity contribution in [2.75, 3.05) is 46.2 Å². The Morgan fingerprint density at radius 3 is 1.69 bits per heavy atom. The van der Waals surface area contributed by atoms with Gasteiger partial charge in [-0.2, -0.15) is 0 Å². The molecule has 8 nitrogen and oxygen atoms in total. The fourth-order valence-electron chi connectivity index (χ4n) is 3.51. The molecule has 0 aromatic heterocycles. The maximum absolute atomic E-state index is 11.3. The second-order valence-corrected chi connectivity index (χ2v) is 9.49. The van der Waals surface area contributed by atoms with Crippen LogP contribution in [-0.4, -0.2) is 63.3 Å². The maximum Gasteiger partial charge on any atom is 0.333 e. The molecule has 212 valence electrons. The molecule has 39 heavy (non-hydrogen) atoms. The largest absolute Gasteiger partial charge is 0.491 e. The lowest BCUT2D eigenvalue weighted by Gasteiger charge is -2.26. The van der Waals surface area contributed by atoms with Gasteiger partial charge in [-0.1, -0.05) is 50.8 Å². The zero-order valence-corrected chi connectivity index (χ0v) is 23.4. The number of ether oxygens (including phenoxy) is 5. The number of carbonyl (C=O) groups excluding carboxylic acids is 1. The number of hydrogen-bond donors (Lipinski definition) is 1. The number of carboxylic acid groups (broad SMARTS) is 1. The van der Waals surface area contributed by atoms with Crippen LogP contribution in [0, 0.1) is 0 Å². The minimum absolute atomic E-state index is 0.187. The summed E-state index contributed by atoms with van der Waals surface area (Å²) in [7, 11) is 0. The van der Waals surface area contributed by atoms with E-state index in [9.17, 15) is 9.59 Å². The lowest BCUT2D eigenvalue weighted by Crippen LogP contribution is -2.19. The summed E-state index contributed by atoms with van der Waals surface area (Å²) in [5.41, 5.74) is 2.78. The molecule has 8 heteroatoms. The first-order valence-electron chi connectivity index (χ1n) is 13.0. The summed E-state index contributed by atoms with van der Waals surface area (Å²) in [6.45, 7) is 13.6. The summed E-state index contributed by atoms with van der Waals surface area (Å²) in [6, 6.07) is 16.0. The topological polar surface area (TPSA) is 101 Å². The van der Waals surface area contributed by atoms with Gasteiger partial charge in [0.05, 0.1) is 26.4 Å². The molecule has 2 aromatic carbocycles. The molecule has 0 fully saturated rings. The molecule has 0 saturated carbocycles. The number of carbonyl (C=O) groups is 2. The van der Waals surface area contributed by atoms with Crippen molar-refractivity contribution in [2.45, 2.75) is 39.5 Å². The lowest BCUT2D eigenvalue weighted by atomic mass is 9.78. The Bertz CT molecular complexity index is 1080. The van der Waals surface area contributed by atoms with Crippen molar-refractivity contribution in [1.29, 1.82) is 0 Å². The molecule has 0 aliphatic rings. The van der Waals surface area contributed by atoms with E-state index in [0.717, 1.165) is 22.6 Å². The first-order chi connectivity index (χ1) is 18.6. The molecule has 2 aromatic rings. The molecule has 0 aliphatic carbocycles. The van der Waals surface area contributed by atoms with E-state index in [-0.39, 0.29) is 12.0 Å². The van der Waals surface area contributed by atoms with Gasteiger partial charge in [-0.3, -0.25) is 0 Å². The summed E-state index contributed by atoms with van der Waals surface area (Å²) in [6.07, 6.45) is 2.20. The molecule has 0 spiro atoms. The Balaban J connectivity index is 1.71. The van der Waals surface area contributed by atoms with Crippen LogP contribution < -0.4 is 9.47 Å². The highest BCUT2D eigenvalue weighted by atomic mass is 16.6. The third-order valence-electron chi connectivity index (χ3n) is 6.00. The average Bonchev–Trinajstić information content (AvgIpc) is 2.92. The molecule has 0 bridgehead atoms. The number of aliphatic carboxylic acids is 1. The van der Waals surface area contributed by atoms with Gasteiger partial charge in [-0.15, -0.1) is 0 Å². The summed E-state index contributed by atoms with van der Waals surface area (Å²) < 4.78 is 27.4. The average molecular weight is 541 g/mol. The van der Waals surface area contributed by atoms with E-state index in [1.54, 1.807) is 19.9 Å². The highest BCUT2D eigenvalue weighted by Gasteiger charge is 2.23. The lowest BCUT2D eigenvalue weighted by molar-refractivity contribution is -0.140. The number of esters is 1. The van der Waals surface area contributed by atoms with E-state index in [2.05, 4.69) is 44.7 Å². The molecule has 0 radical (unpaired) electrons. The minimum atomic E-state index is -0.910. The highest BCUT2D eigenvalue weighted by molar-refractivity contribution is 5.87. The molecule has 0 atom stereocenters. The monoisotopic (exact) mass is 540 g/mol. The van der Waals surface area contributed by atoms with E-state index in [4.69, 9.17) is 28.8 Å². The van der Waals surface area contributed by atoms with Gasteiger partial charge in [-0.25, -0.2) is 9.59 Å². The van der Waals surface area contributed by atoms with E-state index < -0.39 is 11.9 Å². The summed E-state index contributed by atoms with van der Waals surface area (Å²) in [4.78, 5) is 22.0. The van der Waals surface area contributed by atoms with E-state index in [1.165, 1.54) is 0 Å². The predicted octanol–water partition coefficient (Wildman–Crippen LogP) is 5.34. The maximum atomic E-state index is 11.3. The Morgan fingerprint density at radius 1 is 0.769 bits per heavy atom. The van der Waals surface area contributed by atoms with Gasteiger partial charge in [0.1, 0.15) is 31.3 Å². The van der Waals surface area contributed by atoms with E-state index in [1.807, 2.05) is 24.3 Å². The second kappa shape index (κ2) is 16.4. The second-order valence-electron chi connectivity index (χ2n) is 9.49. The van der Waals surface area contributed by atoms with Crippen LogP contribution in [0.4, 0.5) is 0 Å². The third kappa shape index (κ3) is 11.3. The quantitative estimate of drug-likeness (QED) is 0.154. The van der Waals surface area contributed by atoms with Crippen LogP contribution in [0.5, 0.6) is 11.5 Å². The Labute approximate surface area is 231 Å². The van der Waals surface area contributed by atoms with Crippen molar-refractivity contribution >= 4 is 11.9 Å². The molecule has 0 aliphatic heterocycles. The molecular weight excluding hydrogens is 500 g/mol. The zero-order valence-electron chi connectivity index (χ0n) is 23.4. The zero-order chi connectivity index (χ0) is 28.7. The van der Waals surface area contributed by atoms with Crippen molar-refractivity contribution in [3.63, 3.8) is 0 Å². The SMILES string of the molecule is C=C(C)C(=O)OCCOCCOc1ccc(C(C)(C)c2ccc(OCCOCCC=C(C)C(=O)O)cc2)cc1. The fraction of sp³-hybridized carbons (Fsp3) is 0.419. The first kappa shape index (κ1) is 31.6. The predicted molar refractivity (Wildman–Crippen MR) is 149 cm³/mol. The number of hydrogen-bond acceptors (Lipinski definition) is 7. The fourth-order valence-corrected chi connectivity index (χ4v) is 3.51. The van der Waals surface area contributed by atoms with Gasteiger partial charge in [0.15, 0.2) is 0 Å². The standard InChI is InChI=1S/C31H40O8/c1-23(2)30(34)39-22-19-36-18-21-38-28-14-10-26(11-15-28)31(4,5)25-8-12-27(13-9-25)37-20-17-35-16-6-7-24(3)29(32)33/h7-15H,1,6,16-22H2,2-5H3,(H,32,33). The van der Waals surface area contributed by atoms with Gasteiger partial charge < -0.3 is 28.8 Å². The van der Waals surface area contributed by atoms with Crippen LogP contribution in [0.1, 0.15) is 45.2 Å². The van der Waals surface area contributed by atoms with Crippen molar-refractivity contribution < 1.29 is 38.4 Å².